The fourth-order valence-electron chi connectivity index (χ4n) is 3.49. The molecule has 0 aliphatic carbocycles. The van der Waals surface area contributed by atoms with E-state index in [1.54, 1.807) is 9.44 Å². The van der Waals surface area contributed by atoms with Crippen molar-refractivity contribution in [2.24, 2.45) is 0 Å². The van der Waals surface area contributed by atoms with Crippen LogP contribution < -0.4 is 59.1 Å². The van der Waals surface area contributed by atoms with Crippen molar-refractivity contribution in [3.63, 3.8) is 0 Å². The van der Waals surface area contributed by atoms with Gasteiger partial charge in [-0.15, -0.1) is 11.3 Å². The Balaban J connectivity index is 0.000000491. The first-order chi connectivity index (χ1) is 23.0. The largest absolute Gasteiger partial charge is 1.00 e. The molecular formula is C23H27N10NaO12S4. The van der Waals surface area contributed by atoms with Crippen molar-refractivity contribution in [1.82, 2.24) is 39.3 Å². The predicted octanol–water partition coefficient (Wildman–Crippen LogP) is -2.26. The van der Waals surface area contributed by atoms with Crippen LogP contribution in [0.1, 0.15) is 29.2 Å². The van der Waals surface area contributed by atoms with Crippen LogP contribution in [0.5, 0.6) is 12.0 Å². The molecule has 50 heavy (non-hydrogen) atoms. The quantitative estimate of drug-likeness (QED) is 0.107. The Morgan fingerprint density at radius 2 is 1.38 bits per heavy atom. The van der Waals surface area contributed by atoms with Crippen LogP contribution in [-0.2, 0) is 29.6 Å². The molecule has 1 unspecified atom stereocenters. The van der Waals surface area contributed by atoms with Crippen molar-refractivity contribution in [2.45, 2.75) is 29.2 Å². The number of ether oxygens (including phenoxy) is 3. The molecule has 22 nitrogen and oxygen atoms in total. The van der Waals surface area contributed by atoms with Gasteiger partial charge in [0.15, 0.2) is 0 Å². The number of methoxy groups -OCH3 is 3. The maximum atomic E-state index is 12.5. The number of aromatic carboxylic acids is 1. The van der Waals surface area contributed by atoms with Crippen LogP contribution in [0, 0.1) is 13.8 Å². The molecule has 3 aromatic heterocycles. The second kappa shape index (κ2) is 17.6. The van der Waals surface area contributed by atoms with Gasteiger partial charge in [0.2, 0.25) is 16.0 Å². The molecule has 0 bridgehead atoms. The smallest absolute Gasteiger partial charge is 1.00 e. The number of urea groups is 2. The van der Waals surface area contributed by atoms with E-state index in [4.69, 9.17) is 14.6 Å². The fraction of sp³-hybridized carbons (Fsp3) is 0.304. The molecule has 4 rings (SSSR count). The van der Waals surface area contributed by atoms with Crippen LogP contribution in [0.4, 0.5) is 21.5 Å². The second-order valence-corrected chi connectivity index (χ2v) is 14.8. The Labute approximate surface area is 315 Å². The van der Waals surface area contributed by atoms with Gasteiger partial charge < -0.3 is 20.7 Å². The third-order valence-electron chi connectivity index (χ3n) is 5.51. The first-order valence-electron chi connectivity index (χ1n) is 12.9. The standard InChI is InChI=1S/C12H15N5O6S2.C11H11N5O6S2.Na.H/c1-7-13-9(16-11(14-7)23-3)15-10(19)17-25(20,21)12(8(18)22-2)5-4-6-24-12;1-5-12-9(15-11(13-5)22-2)14-10(19)16-24(20,21)6-3-4-23-7(6)8(17)18;;/h4,6H,5H2,1-3H3,(H2,13,14,15,16,17,19);3-4H,1-2H3,(H,17,18)(H2,12,13,14,15,16,19);;/q;;+1;-1. The van der Waals surface area contributed by atoms with Gasteiger partial charge in [-0.05, 0) is 30.7 Å². The summed E-state index contributed by atoms with van der Waals surface area (Å²) < 4.78 is 65.0. The van der Waals surface area contributed by atoms with Crippen LogP contribution in [-0.4, -0.2) is 101 Å². The minimum atomic E-state index is -4.42. The number of carbonyl (C=O) groups excluding carboxylic acids is 3. The Morgan fingerprint density at radius 3 is 1.82 bits per heavy atom. The number of anilines is 2. The van der Waals surface area contributed by atoms with Crippen molar-refractivity contribution in [2.75, 3.05) is 32.0 Å². The molecule has 0 saturated carbocycles. The van der Waals surface area contributed by atoms with E-state index in [0.717, 1.165) is 36.3 Å². The summed E-state index contributed by atoms with van der Waals surface area (Å²) in [6.45, 7) is 3.06. The molecule has 1 aliphatic rings. The van der Waals surface area contributed by atoms with Crippen molar-refractivity contribution in [3.8, 4) is 12.0 Å². The number of amides is 4. The molecule has 1 aliphatic heterocycles. The van der Waals surface area contributed by atoms with Gasteiger partial charge in [-0.3, -0.25) is 10.6 Å². The van der Waals surface area contributed by atoms with E-state index >= 15 is 0 Å². The number of esters is 1. The molecule has 1 atom stereocenters. The van der Waals surface area contributed by atoms with Gasteiger partial charge in [0, 0.05) is 6.42 Å². The van der Waals surface area contributed by atoms with Crippen LogP contribution in [0.25, 0.3) is 0 Å². The third-order valence-corrected chi connectivity index (χ3v) is 11.6. The van der Waals surface area contributed by atoms with E-state index in [-0.39, 0.29) is 73.0 Å². The SMILES string of the molecule is COC(=O)C1(S(=O)(=O)NC(=O)Nc2nc(C)nc(OC)n2)CC=CS1.COc1nc(C)nc(NC(=O)NS(=O)(=O)c2ccsc2C(=O)O)n1.[H-].[Na+]. The van der Waals surface area contributed by atoms with E-state index in [9.17, 15) is 36.0 Å². The summed E-state index contributed by atoms with van der Waals surface area (Å²) in [5.74, 6) is -2.33. The first kappa shape index (κ1) is 42.0. The summed E-state index contributed by atoms with van der Waals surface area (Å²) in [7, 11) is -5.08. The summed E-state index contributed by atoms with van der Waals surface area (Å²) in [5.41, 5.74) is 0. The minimum absolute atomic E-state index is 0. The average Bonchev–Trinajstić information content (AvgIpc) is 3.72. The number of nitrogens with one attached hydrogen (secondary N) is 4. The molecule has 0 aromatic carbocycles. The number of carboxylic acids is 1. The Hall–Kier alpha value is -4.21. The molecule has 0 saturated heterocycles. The molecule has 4 amide bonds. The van der Waals surface area contributed by atoms with Gasteiger partial charge in [-0.2, -0.15) is 29.9 Å². The van der Waals surface area contributed by atoms with E-state index in [1.165, 1.54) is 44.9 Å². The molecule has 266 valence electrons. The summed E-state index contributed by atoms with van der Waals surface area (Å²) in [6, 6.07) is -1.33. The van der Waals surface area contributed by atoms with Crippen LogP contribution in [0.15, 0.2) is 27.8 Å². The number of aromatic nitrogens is 6. The minimum Gasteiger partial charge on any atom is -1.00 e. The normalized spacial score (nSPS) is 14.9. The maximum Gasteiger partial charge on any atom is 1.00 e. The first-order valence-corrected chi connectivity index (χ1v) is 17.6. The van der Waals surface area contributed by atoms with Gasteiger partial charge >= 0.3 is 65.6 Å². The van der Waals surface area contributed by atoms with Crippen molar-refractivity contribution >= 4 is 79.0 Å². The Morgan fingerprint density at radius 1 is 0.860 bits per heavy atom. The molecule has 0 fully saturated rings. The Kier molecular flexibility index (Phi) is 14.8. The van der Waals surface area contributed by atoms with Gasteiger partial charge in [-0.1, -0.05) is 17.8 Å². The summed E-state index contributed by atoms with van der Waals surface area (Å²) in [6.07, 6.45) is 1.37. The number of allylic oxidation sites excluding steroid dienone is 1. The van der Waals surface area contributed by atoms with Crippen LogP contribution in [0.3, 0.4) is 0 Å². The zero-order valence-electron chi connectivity index (χ0n) is 27.8. The van der Waals surface area contributed by atoms with Crippen LogP contribution in [0.2, 0.25) is 0 Å². The molecule has 27 heteroatoms. The molecule has 4 heterocycles. The number of thioether (sulfide) groups is 1. The van der Waals surface area contributed by atoms with Crippen molar-refractivity contribution in [3.05, 3.63) is 39.5 Å². The summed E-state index contributed by atoms with van der Waals surface area (Å²) in [4.78, 5) is 68.7. The van der Waals surface area contributed by atoms with Crippen molar-refractivity contribution < 1.29 is 86.3 Å². The second-order valence-electron chi connectivity index (χ2n) is 8.86. The zero-order valence-corrected chi connectivity index (χ0v) is 32.0. The topological polar surface area (TPSA) is 310 Å². The maximum absolute atomic E-state index is 12.5. The van der Waals surface area contributed by atoms with E-state index < -0.39 is 57.9 Å². The fourth-order valence-corrected chi connectivity index (χ4v) is 8.32. The van der Waals surface area contributed by atoms with Gasteiger partial charge in [0.1, 0.15) is 21.4 Å². The van der Waals surface area contributed by atoms with Gasteiger partial charge in [-0.25, -0.2) is 45.5 Å². The molecule has 0 radical (unpaired) electrons. The molecule has 5 N–H and O–H groups in total. The van der Waals surface area contributed by atoms with Gasteiger partial charge in [0.05, 0.1) is 21.3 Å². The number of aryl methyl sites for hydroxylation is 2. The number of hydrogen-bond donors (Lipinski definition) is 5. The molecule has 3 aromatic rings. The molecule has 0 spiro atoms. The number of hydrogen-bond acceptors (Lipinski definition) is 19. The monoisotopic (exact) mass is 786 g/mol. The third kappa shape index (κ3) is 10.4. The van der Waals surface area contributed by atoms with Crippen LogP contribution >= 0.6 is 23.1 Å². The average molecular weight is 787 g/mol. The van der Waals surface area contributed by atoms with Gasteiger partial charge in [0.25, 0.3) is 20.0 Å². The number of carbonyl (C=O) groups is 4. The Bertz CT molecular complexity index is 2010. The number of carboxylic acid groups (broad SMARTS) is 1. The van der Waals surface area contributed by atoms with Crippen molar-refractivity contribution in [1.29, 1.82) is 0 Å². The number of thiophene rings is 1. The number of sulfonamides is 2. The van der Waals surface area contributed by atoms with E-state index in [1.807, 2.05) is 0 Å². The summed E-state index contributed by atoms with van der Waals surface area (Å²) >= 11 is 1.46. The predicted molar refractivity (Wildman–Crippen MR) is 171 cm³/mol. The number of rotatable bonds is 10. The zero-order chi connectivity index (χ0) is 36.6. The number of nitrogens with zero attached hydrogens (tertiary/aromatic N) is 6. The van der Waals surface area contributed by atoms with E-state index in [0.29, 0.717) is 0 Å². The van der Waals surface area contributed by atoms with E-state index in [2.05, 4.69) is 45.3 Å². The molecular weight excluding hydrogens is 760 g/mol. The summed E-state index contributed by atoms with van der Waals surface area (Å²) in [5, 5.41) is 16.0.